The van der Waals surface area contributed by atoms with Gasteiger partial charge in [0.05, 0.1) is 22.6 Å². The number of alkyl halides is 3. The molecule has 31 heavy (non-hydrogen) atoms. The number of hydrogen-bond donors (Lipinski definition) is 0. The van der Waals surface area contributed by atoms with Crippen LogP contribution in [0.25, 0.3) is 0 Å². The molecule has 2 aliphatic rings. The fourth-order valence-electron chi connectivity index (χ4n) is 3.69. The summed E-state index contributed by atoms with van der Waals surface area (Å²) in [5.74, 6) is -1.54. The Bertz CT molecular complexity index is 980. The van der Waals surface area contributed by atoms with Crippen LogP contribution in [0.3, 0.4) is 0 Å². The van der Waals surface area contributed by atoms with Crippen molar-refractivity contribution in [3.05, 3.63) is 59.3 Å². The normalized spacial score (nSPS) is 17.1. The molecule has 0 bridgehead atoms. The lowest BCUT2D eigenvalue weighted by Gasteiger charge is -2.32. The molecule has 2 aliphatic heterocycles. The van der Waals surface area contributed by atoms with Gasteiger partial charge in [0.15, 0.2) is 6.73 Å². The summed E-state index contributed by atoms with van der Waals surface area (Å²) in [5.41, 5.74) is -0.260. The van der Waals surface area contributed by atoms with Crippen molar-refractivity contribution in [2.45, 2.75) is 19.0 Å². The molecule has 2 amide bonds. The maximum absolute atomic E-state index is 12.7. The Kier molecular flexibility index (Phi) is 5.38. The number of carbonyl (C=O) groups is 3. The van der Waals surface area contributed by atoms with Crippen LogP contribution in [0.4, 0.5) is 19.0 Å². The van der Waals surface area contributed by atoms with E-state index in [1.807, 2.05) is 0 Å². The molecule has 0 atom stereocenters. The van der Waals surface area contributed by atoms with E-state index >= 15 is 0 Å². The fourth-order valence-corrected chi connectivity index (χ4v) is 3.69. The van der Waals surface area contributed by atoms with Crippen LogP contribution in [0.1, 0.15) is 39.1 Å². The number of imide groups is 1. The third-order valence-electron chi connectivity index (χ3n) is 5.44. The molecule has 7 nitrogen and oxygen atoms in total. The van der Waals surface area contributed by atoms with Gasteiger partial charge in [-0.05, 0) is 37.1 Å². The van der Waals surface area contributed by atoms with E-state index in [1.165, 1.54) is 6.07 Å². The Morgan fingerprint density at radius 3 is 2.16 bits per heavy atom. The molecular formula is C21H18F3N3O4. The average molecular weight is 433 g/mol. The zero-order valence-corrected chi connectivity index (χ0v) is 16.3. The number of anilines is 1. The minimum atomic E-state index is -4.44. The molecule has 0 N–H and O–H groups in total. The van der Waals surface area contributed by atoms with Crippen molar-refractivity contribution in [3.8, 4) is 0 Å². The maximum Gasteiger partial charge on any atom is 0.417 e. The van der Waals surface area contributed by atoms with Gasteiger partial charge in [0.2, 0.25) is 0 Å². The SMILES string of the molecule is O=C(OCN1C(=O)c2ccccc2C1=O)C1CCN(c2ccc(C(F)(F)F)cn2)CC1. The summed E-state index contributed by atoms with van der Waals surface area (Å²) in [7, 11) is 0. The number of carbonyl (C=O) groups excluding carboxylic acids is 3. The number of pyridine rings is 1. The van der Waals surface area contributed by atoms with Gasteiger partial charge in [0, 0.05) is 19.3 Å². The lowest BCUT2D eigenvalue weighted by molar-refractivity contribution is -0.152. The Balaban J connectivity index is 1.29. The fraction of sp³-hybridized carbons (Fsp3) is 0.333. The molecule has 3 heterocycles. The number of rotatable bonds is 4. The van der Waals surface area contributed by atoms with Crippen LogP contribution in [-0.2, 0) is 15.7 Å². The first-order valence-electron chi connectivity index (χ1n) is 9.66. The molecule has 0 spiro atoms. The number of benzene rings is 1. The molecule has 4 rings (SSSR count). The van der Waals surface area contributed by atoms with Crippen molar-refractivity contribution in [1.82, 2.24) is 9.88 Å². The molecule has 1 saturated heterocycles. The Morgan fingerprint density at radius 2 is 1.65 bits per heavy atom. The third kappa shape index (κ3) is 4.10. The quantitative estimate of drug-likeness (QED) is 0.545. The first-order valence-corrected chi connectivity index (χ1v) is 9.66. The molecule has 0 unspecified atom stereocenters. The van der Waals surface area contributed by atoms with E-state index in [9.17, 15) is 27.6 Å². The van der Waals surface area contributed by atoms with Gasteiger partial charge in [-0.1, -0.05) is 12.1 Å². The number of fused-ring (bicyclic) bond motifs is 1. The highest BCUT2D eigenvalue weighted by atomic mass is 19.4. The maximum atomic E-state index is 12.7. The lowest BCUT2D eigenvalue weighted by Crippen LogP contribution is -2.39. The molecular weight excluding hydrogens is 415 g/mol. The monoisotopic (exact) mass is 433 g/mol. The van der Waals surface area contributed by atoms with Gasteiger partial charge >= 0.3 is 12.1 Å². The highest BCUT2D eigenvalue weighted by Crippen LogP contribution is 2.30. The average Bonchev–Trinajstić information content (AvgIpc) is 3.02. The van der Waals surface area contributed by atoms with Crippen molar-refractivity contribution in [2.24, 2.45) is 5.92 Å². The summed E-state index contributed by atoms with van der Waals surface area (Å²) in [5, 5.41) is 0. The number of halogens is 3. The number of aromatic nitrogens is 1. The van der Waals surface area contributed by atoms with Crippen molar-refractivity contribution in [1.29, 1.82) is 0 Å². The van der Waals surface area contributed by atoms with Crippen LogP contribution < -0.4 is 4.90 Å². The number of nitrogens with zero attached hydrogens (tertiary/aromatic N) is 3. The summed E-state index contributed by atoms with van der Waals surface area (Å²) in [6.07, 6.45) is -2.81. The minimum Gasteiger partial charge on any atom is -0.443 e. The van der Waals surface area contributed by atoms with Gasteiger partial charge in [0.1, 0.15) is 5.82 Å². The summed E-state index contributed by atoms with van der Waals surface area (Å²) < 4.78 is 43.2. The van der Waals surface area contributed by atoms with Crippen molar-refractivity contribution in [2.75, 3.05) is 24.7 Å². The zero-order valence-electron chi connectivity index (χ0n) is 16.3. The van der Waals surface area contributed by atoms with Gasteiger partial charge in [-0.25, -0.2) is 9.88 Å². The standard InChI is InChI=1S/C21H18F3N3O4/c22-21(23,24)14-5-6-17(25-11-14)26-9-7-13(8-10-26)20(30)31-12-27-18(28)15-3-1-2-4-16(15)19(27)29/h1-6,11,13H,7-10,12H2. The number of piperidine rings is 1. The molecule has 0 radical (unpaired) electrons. The Morgan fingerprint density at radius 1 is 1.03 bits per heavy atom. The van der Waals surface area contributed by atoms with E-state index < -0.39 is 42.2 Å². The first kappa shape index (κ1) is 20.8. The predicted octanol–water partition coefficient (Wildman–Crippen LogP) is 3.11. The van der Waals surface area contributed by atoms with Crippen LogP contribution in [-0.4, -0.2) is 47.5 Å². The van der Waals surface area contributed by atoms with Crippen molar-refractivity contribution >= 4 is 23.6 Å². The lowest BCUT2D eigenvalue weighted by atomic mass is 9.97. The molecule has 1 aromatic heterocycles. The molecule has 1 aromatic carbocycles. The molecule has 2 aromatic rings. The Hall–Kier alpha value is -3.43. The van der Waals surface area contributed by atoms with E-state index in [-0.39, 0.29) is 11.1 Å². The van der Waals surface area contributed by atoms with Crippen LogP contribution in [0.2, 0.25) is 0 Å². The van der Waals surface area contributed by atoms with E-state index in [0.29, 0.717) is 31.7 Å². The highest BCUT2D eigenvalue weighted by Gasteiger charge is 2.37. The Labute approximate surface area is 175 Å². The minimum absolute atomic E-state index is 0.279. The van der Waals surface area contributed by atoms with E-state index in [0.717, 1.165) is 17.2 Å². The van der Waals surface area contributed by atoms with Gasteiger partial charge in [-0.3, -0.25) is 14.4 Å². The van der Waals surface area contributed by atoms with Crippen LogP contribution in [0.5, 0.6) is 0 Å². The van der Waals surface area contributed by atoms with Gasteiger partial charge in [-0.2, -0.15) is 13.2 Å². The van der Waals surface area contributed by atoms with Crippen LogP contribution in [0, 0.1) is 5.92 Å². The number of hydrogen-bond acceptors (Lipinski definition) is 6. The zero-order chi connectivity index (χ0) is 22.2. The summed E-state index contributed by atoms with van der Waals surface area (Å²) >= 11 is 0. The van der Waals surface area contributed by atoms with E-state index in [2.05, 4.69) is 4.98 Å². The predicted molar refractivity (Wildman–Crippen MR) is 102 cm³/mol. The molecule has 162 valence electrons. The second kappa shape index (κ2) is 8.01. The largest absolute Gasteiger partial charge is 0.443 e. The molecule has 1 fully saturated rings. The van der Waals surface area contributed by atoms with Crippen molar-refractivity contribution in [3.63, 3.8) is 0 Å². The molecule has 10 heteroatoms. The van der Waals surface area contributed by atoms with Gasteiger partial charge < -0.3 is 9.64 Å². The van der Waals surface area contributed by atoms with E-state index in [1.54, 1.807) is 29.2 Å². The topological polar surface area (TPSA) is 79.8 Å². The molecule has 0 aliphatic carbocycles. The van der Waals surface area contributed by atoms with Gasteiger partial charge in [-0.15, -0.1) is 0 Å². The third-order valence-corrected chi connectivity index (χ3v) is 5.44. The summed E-state index contributed by atoms with van der Waals surface area (Å²) in [6.45, 7) is 0.391. The molecule has 0 saturated carbocycles. The van der Waals surface area contributed by atoms with E-state index in [4.69, 9.17) is 4.74 Å². The van der Waals surface area contributed by atoms with Crippen LogP contribution in [0.15, 0.2) is 42.6 Å². The smallest absolute Gasteiger partial charge is 0.417 e. The second-order valence-electron chi connectivity index (χ2n) is 7.34. The number of esters is 1. The second-order valence-corrected chi connectivity index (χ2v) is 7.34. The highest BCUT2D eigenvalue weighted by molar-refractivity contribution is 6.21. The number of amides is 2. The summed E-state index contributed by atoms with van der Waals surface area (Å²) in [6, 6.07) is 8.68. The van der Waals surface area contributed by atoms with Crippen molar-refractivity contribution < 1.29 is 32.3 Å². The summed E-state index contributed by atoms with van der Waals surface area (Å²) in [4.78, 5) is 43.6. The first-order chi connectivity index (χ1) is 14.8. The van der Waals surface area contributed by atoms with Gasteiger partial charge in [0.25, 0.3) is 11.8 Å². The number of ether oxygens (including phenoxy) is 1. The van der Waals surface area contributed by atoms with Crippen LogP contribution >= 0.6 is 0 Å².